The van der Waals surface area contributed by atoms with Crippen LogP contribution in [0.25, 0.3) is 10.9 Å². The number of amides is 2. The molecule has 2 N–H and O–H groups in total. The molecule has 2 aromatic carbocycles. The zero-order valence-electron chi connectivity index (χ0n) is 15.7. The first-order valence-corrected chi connectivity index (χ1v) is 10.2. The predicted molar refractivity (Wildman–Crippen MR) is 117 cm³/mol. The van der Waals surface area contributed by atoms with Crippen LogP contribution in [0.2, 0.25) is 5.02 Å². The maximum Gasteiger partial charge on any atom is 0.252 e. The van der Waals surface area contributed by atoms with E-state index in [9.17, 15) is 9.59 Å². The van der Waals surface area contributed by atoms with E-state index in [2.05, 4.69) is 26.6 Å². The number of rotatable bonds is 6. The molecule has 0 aliphatic heterocycles. The van der Waals surface area contributed by atoms with E-state index in [1.54, 1.807) is 18.2 Å². The molecule has 0 aliphatic carbocycles. The number of aromatic nitrogens is 1. The van der Waals surface area contributed by atoms with Gasteiger partial charge in [-0.1, -0.05) is 36.7 Å². The smallest absolute Gasteiger partial charge is 0.252 e. The van der Waals surface area contributed by atoms with Gasteiger partial charge in [0.05, 0.1) is 10.6 Å². The number of nitrogens with one attached hydrogen (secondary N) is 2. The van der Waals surface area contributed by atoms with E-state index in [1.165, 1.54) is 0 Å². The summed E-state index contributed by atoms with van der Waals surface area (Å²) in [6.07, 6.45) is 0.848. The van der Waals surface area contributed by atoms with Crippen LogP contribution in [0.5, 0.6) is 0 Å². The number of nitrogens with zero attached hydrogens (tertiary/aromatic N) is 1. The summed E-state index contributed by atoms with van der Waals surface area (Å²) in [5.41, 5.74) is 2.92. The van der Waals surface area contributed by atoms with Crippen LogP contribution in [0.4, 0.5) is 5.69 Å². The Morgan fingerprint density at radius 1 is 1.18 bits per heavy atom. The number of carbonyl (C=O) groups is 2. The van der Waals surface area contributed by atoms with Gasteiger partial charge in [0.1, 0.15) is 6.54 Å². The molecule has 3 aromatic rings. The Morgan fingerprint density at radius 2 is 1.93 bits per heavy atom. The quantitative estimate of drug-likeness (QED) is 0.532. The zero-order valence-corrected chi connectivity index (χ0v) is 18.0. The number of halogens is 2. The number of hydrogen-bond acceptors (Lipinski definition) is 2. The van der Waals surface area contributed by atoms with E-state index in [0.717, 1.165) is 27.5 Å². The Hall–Kier alpha value is -2.31. The molecule has 2 amide bonds. The lowest BCUT2D eigenvalue weighted by Crippen LogP contribution is -2.24. The van der Waals surface area contributed by atoms with Crippen molar-refractivity contribution in [1.29, 1.82) is 0 Å². The average Bonchev–Trinajstić information content (AvgIpc) is 2.91. The molecule has 28 heavy (non-hydrogen) atoms. The van der Waals surface area contributed by atoms with Crippen LogP contribution in [-0.4, -0.2) is 22.9 Å². The number of benzene rings is 2. The molecule has 0 saturated carbocycles. The first-order valence-electron chi connectivity index (χ1n) is 9.03. The molecule has 0 unspecified atom stereocenters. The molecule has 0 radical (unpaired) electrons. The van der Waals surface area contributed by atoms with Crippen molar-refractivity contribution in [2.45, 2.75) is 26.8 Å². The number of carbonyl (C=O) groups excluding carboxylic acids is 2. The lowest BCUT2D eigenvalue weighted by atomic mass is 10.2. The summed E-state index contributed by atoms with van der Waals surface area (Å²) in [5, 5.41) is 7.01. The van der Waals surface area contributed by atoms with Crippen LogP contribution in [0.15, 0.2) is 46.9 Å². The first kappa shape index (κ1) is 20.4. The lowest BCUT2D eigenvalue weighted by molar-refractivity contribution is -0.116. The van der Waals surface area contributed by atoms with Gasteiger partial charge < -0.3 is 15.2 Å². The van der Waals surface area contributed by atoms with Crippen LogP contribution in [0.1, 0.15) is 29.4 Å². The standard InChI is InChI=1S/C21H21BrClN3O2/c1-3-10-24-21(28)15-9-8-14(11-17(15)23)25-19(27)12-26-13(2)20(22)16-6-4-5-7-18(16)26/h4-9,11H,3,10,12H2,1-2H3,(H,24,28)(H,25,27). The van der Waals surface area contributed by atoms with Gasteiger partial charge in [-0.3, -0.25) is 9.59 Å². The van der Waals surface area contributed by atoms with Gasteiger partial charge in [0.2, 0.25) is 5.91 Å². The first-order chi connectivity index (χ1) is 13.4. The molecule has 0 bridgehead atoms. The molecule has 0 fully saturated rings. The minimum atomic E-state index is -0.219. The van der Waals surface area contributed by atoms with Gasteiger partial charge in [0.15, 0.2) is 0 Å². The molecule has 0 spiro atoms. The summed E-state index contributed by atoms with van der Waals surface area (Å²) in [5.74, 6) is -0.389. The second kappa shape index (κ2) is 8.80. The summed E-state index contributed by atoms with van der Waals surface area (Å²) >= 11 is 9.83. The highest BCUT2D eigenvalue weighted by Crippen LogP contribution is 2.30. The molecule has 3 rings (SSSR count). The Morgan fingerprint density at radius 3 is 2.64 bits per heavy atom. The minimum absolute atomic E-state index is 0.171. The molecule has 0 saturated heterocycles. The Balaban J connectivity index is 1.75. The highest BCUT2D eigenvalue weighted by molar-refractivity contribution is 9.10. The number of fused-ring (bicyclic) bond motifs is 1. The molecule has 146 valence electrons. The third kappa shape index (κ3) is 4.23. The van der Waals surface area contributed by atoms with Crippen molar-refractivity contribution in [1.82, 2.24) is 9.88 Å². The highest BCUT2D eigenvalue weighted by Gasteiger charge is 2.15. The molecule has 0 atom stereocenters. The molecular weight excluding hydrogens is 442 g/mol. The van der Waals surface area contributed by atoms with Crippen LogP contribution in [0, 0.1) is 6.92 Å². The highest BCUT2D eigenvalue weighted by atomic mass is 79.9. The minimum Gasteiger partial charge on any atom is -0.352 e. The van der Waals surface area contributed by atoms with Gasteiger partial charge in [-0.25, -0.2) is 0 Å². The Labute approximate surface area is 177 Å². The second-order valence-electron chi connectivity index (χ2n) is 6.50. The maximum absolute atomic E-state index is 12.6. The van der Waals surface area contributed by atoms with Crippen LogP contribution < -0.4 is 10.6 Å². The zero-order chi connectivity index (χ0) is 20.3. The summed E-state index contributed by atoms with van der Waals surface area (Å²) in [6, 6.07) is 12.8. The van der Waals surface area contributed by atoms with E-state index in [-0.39, 0.29) is 18.4 Å². The topological polar surface area (TPSA) is 63.1 Å². The molecule has 1 heterocycles. The van der Waals surface area contributed by atoms with Gasteiger partial charge >= 0.3 is 0 Å². The van der Waals surface area contributed by atoms with Gasteiger partial charge in [-0.2, -0.15) is 0 Å². The SMILES string of the molecule is CCCNC(=O)c1ccc(NC(=O)Cn2c(C)c(Br)c3ccccc32)cc1Cl. The Bertz CT molecular complexity index is 1050. The second-order valence-corrected chi connectivity index (χ2v) is 7.70. The fourth-order valence-electron chi connectivity index (χ4n) is 3.05. The monoisotopic (exact) mass is 461 g/mol. The van der Waals surface area contributed by atoms with Crippen molar-refractivity contribution >= 4 is 55.9 Å². The van der Waals surface area contributed by atoms with Crippen LogP contribution in [0.3, 0.4) is 0 Å². The van der Waals surface area contributed by atoms with Gasteiger partial charge in [0.25, 0.3) is 5.91 Å². The van der Waals surface area contributed by atoms with Crippen molar-refractivity contribution in [3.05, 3.63) is 63.2 Å². The number of hydrogen-bond donors (Lipinski definition) is 2. The van der Waals surface area contributed by atoms with Crippen molar-refractivity contribution < 1.29 is 9.59 Å². The van der Waals surface area contributed by atoms with E-state index >= 15 is 0 Å². The molecule has 7 heteroatoms. The largest absolute Gasteiger partial charge is 0.352 e. The molecule has 5 nitrogen and oxygen atoms in total. The number of anilines is 1. The van der Waals surface area contributed by atoms with Crippen molar-refractivity contribution in [3.8, 4) is 0 Å². The van der Waals surface area contributed by atoms with Gasteiger partial charge in [-0.05, 0) is 53.5 Å². The van der Waals surface area contributed by atoms with Crippen LogP contribution >= 0.6 is 27.5 Å². The normalized spacial score (nSPS) is 10.9. The van der Waals surface area contributed by atoms with E-state index in [1.807, 2.05) is 42.7 Å². The predicted octanol–water partition coefficient (Wildman–Crippen LogP) is 5.14. The van der Waals surface area contributed by atoms with E-state index in [0.29, 0.717) is 22.8 Å². The van der Waals surface area contributed by atoms with Crippen molar-refractivity contribution in [3.63, 3.8) is 0 Å². The third-order valence-electron chi connectivity index (χ3n) is 4.49. The van der Waals surface area contributed by atoms with Crippen molar-refractivity contribution in [2.24, 2.45) is 0 Å². The van der Waals surface area contributed by atoms with E-state index < -0.39 is 0 Å². The summed E-state index contributed by atoms with van der Waals surface area (Å²) in [6.45, 7) is 4.72. The summed E-state index contributed by atoms with van der Waals surface area (Å²) < 4.78 is 2.95. The molecule has 0 aliphatic rings. The molecular formula is C21H21BrClN3O2. The van der Waals surface area contributed by atoms with Gasteiger partial charge in [0, 0.05) is 33.3 Å². The molecule has 1 aromatic heterocycles. The Kier molecular flexibility index (Phi) is 6.42. The lowest BCUT2D eigenvalue weighted by Gasteiger charge is -2.11. The summed E-state index contributed by atoms with van der Waals surface area (Å²) in [4.78, 5) is 24.7. The van der Waals surface area contributed by atoms with Gasteiger partial charge in [-0.15, -0.1) is 0 Å². The van der Waals surface area contributed by atoms with Crippen molar-refractivity contribution in [2.75, 3.05) is 11.9 Å². The maximum atomic E-state index is 12.6. The fraction of sp³-hybridized carbons (Fsp3) is 0.238. The average molecular weight is 463 g/mol. The van der Waals surface area contributed by atoms with E-state index in [4.69, 9.17) is 11.6 Å². The fourth-order valence-corrected chi connectivity index (χ4v) is 3.86. The van der Waals surface area contributed by atoms with Crippen LogP contribution in [-0.2, 0) is 11.3 Å². The number of para-hydroxylation sites is 1. The third-order valence-corrected chi connectivity index (χ3v) is 5.80. The summed E-state index contributed by atoms with van der Waals surface area (Å²) in [7, 11) is 0.